The van der Waals surface area contributed by atoms with E-state index in [0.717, 1.165) is 28.1 Å². The maximum Gasteiger partial charge on any atom is 0.264 e. The number of allylic oxidation sites excluding steroid dienone is 1. The zero-order valence-electron chi connectivity index (χ0n) is 23.2. The van der Waals surface area contributed by atoms with Crippen molar-refractivity contribution in [3.8, 4) is 5.75 Å². The molecule has 3 aromatic rings. The van der Waals surface area contributed by atoms with E-state index < -0.39 is 15.4 Å². The molecule has 2 aliphatic rings. The van der Waals surface area contributed by atoms with Gasteiger partial charge in [-0.25, -0.2) is 8.42 Å². The number of benzene rings is 3. The number of ether oxygens (including phenoxy) is 1. The number of anilines is 1. The van der Waals surface area contributed by atoms with Crippen LogP contribution in [0.3, 0.4) is 0 Å². The van der Waals surface area contributed by atoms with Gasteiger partial charge < -0.3 is 9.64 Å². The second kappa shape index (κ2) is 10.2. The highest BCUT2D eigenvalue weighted by Gasteiger charge is 2.57. The molecule has 5 rings (SSSR count). The van der Waals surface area contributed by atoms with Crippen LogP contribution in [0.4, 0.5) is 5.69 Å². The minimum Gasteiger partial charge on any atom is -0.497 e. The largest absolute Gasteiger partial charge is 0.497 e. The van der Waals surface area contributed by atoms with Crippen molar-refractivity contribution in [3.05, 3.63) is 101 Å². The van der Waals surface area contributed by atoms with Crippen LogP contribution < -0.4 is 9.64 Å². The lowest BCUT2D eigenvalue weighted by molar-refractivity contribution is -0.117. The normalized spacial score (nSPS) is 21.7. The van der Waals surface area contributed by atoms with Gasteiger partial charge in [-0.2, -0.15) is 0 Å². The third-order valence-corrected chi connectivity index (χ3v) is 10.1. The molecule has 2 heterocycles. The van der Waals surface area contributed by atoms with E-state index in [0.29, 0.717) is 25.2 Å². The Morgan fingerprint density at radius 2 is 1.72 bits per heavy atom. The number of methoxy groups -OCH3 is 1. The Labute approximate surface area is 232 Å². The van der Waals surface area contributed by atoms with Gasteiger partial charge in [0.05, 0.1) is 17.4 Å². The first-order valence-corrected chi connectivity index (χ1v) is 14.9. The molecule has 0 saturated carbocycles. The van der Waals surface area contributed by atoms with Crippen LogP contribution in [0.2, 0.25) is 0 Å². The lowest BCUT2D eigenvalue weighted by Gasteiger charge is -2.36. The minimum atomic E-state index is -3.87. The minimum absolute atomic E-state index is 0.0753. The Morgan fingerprint density at radius 3 is 2.36 bits per heavy atom. The molecule has 0 aliphatic carbocycles. The zero-order valence-corrected chi connectivity index (χ0v) is 24.0. The van der Waals surface area contributed by atoms with Crippen molar-refractivity contribution in [2.24, 2.45) is 5.92 Å². The van der Waals surface area contributed by atoms with E-state index in [4.69, 9.17) is 4.74 Å². The Kier molecular flexibility index (Phi) is 7.06. The van der Waals surface area contributed by atoms with E-state index >= 15 is 0 Å². The number of rotatable bonds is 7. The summed E-state index contributed by atoms with van der Waals surface area (Å²) in [7, 11) is -2.22. The Morgan fingerprint density at radius 1 is 1.05 bits per heavy atom. The van der Waals surface area contributed by atoms with Gasteiger partial charge in [0.15, 0.2) is 5.78 Å². The topological polar surface area (TPSA) is 66.9 Å². The lowest BCUT2D eigenvalue weighted by Crippen LogP contribution is -2.44. The molecule has 0 unspecified atom stereocenters. The monoisotopic (exact) mass is 544 g/mol. The molecule has 204 valence electrons. The second-order valence-electron chi connectivity index (χ2n) is 10.9. The van der Waals surface area contributed by atoms with Gasteiger partial charge in [0.2, 0.25) is 0 Å². The number of ketones is 1. The van der Waals surface area contributed by atoms with Crippen LogP contribution >= 0.6 is 0 Å². The molecule has 0 bridgehead atoms. The van der Waals surface area contributed by atoms with Crippen LogP contribution in [0, 0.1) is 12.8 Å². The van der Waals surface area contributed by atoms with Gasteiger partial charge in [0, 0.05) is 42.5 Å². The molecule has 0 radical (unpaired) electrons. The van der Waals surface area contributed by atoms with Gasteiger partial charge in [-0.1, -0.05) is 61.9 Å². The first-order chi connectivity index (χ1) is 18.6. The molecule has 1 fully saturated rings. The fourth-order valence-electron chi connectivity index (χ4n) is 5.98. The van der Waals surface area contributed by atoms with Crippen LogP contribution in [0.15, 0.2) is 89.5 Å². The standard InChI is InChI=1S/C32H36N2O4S/c1-22(2)30(35)20-31-32(18-19-34(31)39(36,37)27-16-10-23(3)11-17-27)24(4)33(29-9-7-6-8-28(29)32)21-25-12-14-26(38-5)15-13-25/h6-17,20,22,24H,18-19,21H2,1-5H3/b31-20-/t24-,32-/m0/s1. The highest BCUT2D eigenvalue weighted by atomic mass is 32.2. The summed E-state index contributed by atoms with van der Waals surface area (Å²) in [5.74, 6) is 0.477. The molecule has 2 atom stereocenters. The molecule has 3 aromatic carbocycles. The molecule has 7 heteroatoms. The highest BCUT2D eigenvalue weighted by Crippen LogP contribution is 2.56. The summed E-state index contributed by atoms with van der Waals surface area (Å²) in [5, 5.41) is 0. The number of nitrogens with zero attached hydrogens (tertiary/aromatic N) is 2. The number of hydrogen-bond acceptors (Lipinski definition) is 5. The molecule has 39 heavy (non-hydrogen) atoms. The third kappa shape index (κ3) is 4.52. The summed E-state index contributed by atoms with van der Waals surface area (Å²) in [6.07, 6.45) is 2.19. The maximum absolute atomic E-state index is 14.0. The van der Waals surface area contributed by atoms with Crippen molar-refractivity contribution in [1.29, 1.82) is 0 Å². The summed E-state index contributed by atoms with van der Waals surface area (Å²) >= 11 is 0. The summed E-state index contributed by atoms with van der Waals surface area (Å²) in [5.41, 5.74) is 4.17. The first kappa shape index (κ1) is 27.0. The van der Waals surface area contributed by atoms with Crippen LogP contribution in [0.25, 0.3) is 0 Å². The van der Waals surface area contributed by atoms with Crippen molar-refractivity contribution >= 4 is 21.5 Å². The van der Waals surface area contributed by atoms with E-state index in [2.05, 4.69) is 36.1 Å². The number of hydrogen-bond donors (Lipinski definition) is 0. The molecule has 0 N–H and O–H groups in total. The van der Waals surface area contributed by atoms with Crippen molar-refractivity contribution in [2.75, 3.05) is 18.6 Å². The zero-order chi connectivity index (χ0) is 27.9. The summed E-state index contributed by atoms with van der Waals surface area (Å²) < 4.78 is 34.9. The molecule has 1 saturated heterocycles. The SMILES string of the molecule is COc1ccc(CN2c3ccccc3[C@]3(CCN(S(=O)(=O)c4ccc(C)cc4)/C3=C\C(=O)C(C)C)[C@@H]2C)cc1. The number of aryl methyl sites for hydroxylation is 1. The van der Waals surface area contributed by atoms with E-state index in [9.17, 15) is 13.2 Å². The number of carbonyl (C=O) groups excluding carboxylic acids is 1. The molecule has 2 aliphatic heterocycles. The van der Waals surface area contributed by atoms with Gasteiger partial charge in [-0.3, -0.25) is 9.10 Å². The molecule has 0 amide bonds. The van der Waals surface area contributed by atoms with Gasteiger partial charge >= 0.3 is 0 Å². The number of sulfonamides is 1. The number of fused-ring (bicyclic) bond motifs is 2. The van der Waals surface area contributed by atoms with E-state index in [1.54, 1.807) is 25.3 Å². The molecule has 0 aromatic heterocycles. The summed E-state index contributed by atoms with van der Waals surface area (Å²) in [6.45, 7) is 8.74. The van der Waals surface area contributed by atoms with Crippen molar-refractivity contribution in [2.45, 2.75) is 57.0 Å². The first-order valence-electron chi connectivity index (χ1n) is 13.4. The predicted molar refractivity (Wildman–Crippen MR) is 154 cm³/mol. The van der Waals surface area contributed by atoms with Crippen LogP contribution in [-0.4, -0.2) is 38.2 Å². The second-order valence-corrected chi connectivity index (χ2v) is 12.7. The molecule has 1 spiro atoms. The van der Waals surface area contributed by atoms with Crippen LogP contribution in [0.1, 0.15) is 43.9 Å². The highest BCUT2D eigenvalue weighted by molar-refractivity contribution is 7.89. The fraction of sp³-hybridized carbons (Fsp3) is 0.344. The maximum atomic E-state index is 14.0. The number of carbonyl (C=O) groups is 1. The van der Waals surface area contributed by atoms with Crippen molar-refractivity contribution in [1.82, 2.24) is 4.31 Å². The molecular formula is C32H36N2O4S. The lowest BCUT2D eigenvalue weighted by atomic mass is 9.73. The van der Waals surface area contributed by atoms with E-state index in [1.165, 1.54) is 4.31 Å². The molecular weight excluding hydrogens is 508 g/mol. The van der Waals surface area contributed by atoms with Crippen LogP contribution in [0.5, 0.6) is 5.75 Å². The quantitative estimate of drug-likeness (QED) is 0.349. The average Bonchev–Trinajstić information content (AvgIpc) is 3.42. The Bertz CT molecular complexity index is 1510. The predicted octanol–water partition coefficient (Wildman–Crippen LogP) is 5.85. The smallest absolute Gasteiger partial charge is 0.264 e. The summed E-state index contributed by atoms with van der Waals surface area (Å²) in [4.78, 5) is 15.8. The van der Waals surface area contributed by atoms with Crippen molar-refractivity contribution < 1.29 is 17.9 Å². The molecule has 6 nitrogen and oxygen atoms in total. The van der Waals surface area contributed by atoms with E-state index in [-0.39, 0.29) is 22.6 Å². The third-order valence-electron chi connectivity index (χ3n) is 8.28. The Hall–Kier alpha value is -3.58. The van der Waals surface area contributed by atoms with Crippen LogP contribution in [-0.2, 0) is 26.8 Å². The summed E-state index contributed by atoms with van der Waals surface area (Å²) in [6, 6.07) is 23.1. The van der Waals surface area contributed by atoms with Gasteiger partial charge in [-0.15, -0.1) is 0 Å². The van der Waals surface area contributed by atoms with Gasteiger partial charge in [-0.05, 0) is 61.7 Å². The Balaban J connectivity index is 1.63. The number of para-hydroxylation sites is 1. The van der Waals surface area contributed by atoms with E-state index in [1.807, 2.05) is 57.2 Å². The van der Waals surface area contributed by atoms with Crippen molar-refractivity contribution in [3.63, 3.8) is 0 Å². The average molecular weight is 545 g/mol. The fourth-order valence-corrected chi connectivity index (χ4v) is 7.53. The van der Waals surface area contributed by atoms with Gasteiger partial charge in [0.1, 0.15) is 5.75 Å². The van der Waals surface area contributed by atoms with Gasteiger partial charge in [0.25, 0.3) is 10.0 Å².